The second-order valence-corrected chi connectivity index (χ2v) is 35.3. The number of furan rings is 2. The Morgan fingerprint density at radius 1 is 0.154 bits per heavy atom. The van der Waals surface area contributed by atoms with Crippen LogP contribution >= 0.6 is 0 Å². The van der Waals surface area contributed by atoms with Crippen molar-refractivity contribution in [3.05, 3.63) is 473 Å². The van der Waals surface area contributed by atoms with Gasteiger partial charge in [0, 0.05) is 76.7 Å². The van der Waals surface area contributed by atoms with Gasteiger partial charge in [0.2, 0.25) is 0 Å². The van der Waals surface area contributed by atoms with E-state index in [1.54, 1.807) is 0 Å². The van der Waals surface area contributed by atoms with Crippen molar-refractivity contribution in [1.29, 1.82) is 0 Å². The molecule has 0 fully saturated rings. The zero-order chi connectivity index (χ0) is 89.4. The van der Waals surface area contributed by atoms with Crippen LogP contribution in [0.15, 0.2) is 482 Å². The first kappa shape index (κ1) is 77.7. The molecule has 0 unspecified atom stereocenters. The Hall–Kier alpha value is -18.2. The number of aromatic nitrogens is 6. The van der Waals surface area contributed by atoms with Gasteiger partial charge in [0.15, 0.2) is 0 Å². The summed E-state index contributed by atoms with van der Waals surface area (Å²) >= 11 is 0. The zero-order valence-electron chi connectivity index (χ0n) is 73.5. The molecule has 0 saturated heterocycles. The Balaban J connectivity index is 0.000000138. The average Bonchev–Trinajstić information content (AvgIpc) is 1.54. The maximum absolute atomic E-state index is 6.44. The van der Waals surface area contributed by atoms with Gasteiger partial charge in [-0.05, 0) is 225 Å². The van der Waals surface area contributed by atoms with Crippen LogP contribution in [-0.2, 0) is 0 Å². The third-order valence-electron chi connectivity index (χ3n) is 27.6. The van der Waals surface area contributed by atoms with Gasteiger partial charge in [-0.25, -0.2) is 19.9 Å². The monoisotopic (exact) mass is 1730 g/mol. The number of nitrogens with zero attached hydrogens (tertiary/aromatic N) is 6. The minimum absolute atomic E-state index is 0.843. The van der Waals surface area contributed by atoms with Crippen molar-refractivity contribution in [2.24, 2.45) is 0 Å². The summed E-state index contributed by atoms with van der Waals surface area (Å²) in [6.45, 7) is 0. The molecule has 0 atom stereocenters. The molecular weight excluding hydrogens is 1650 g/mol. The molecule has 6 aromatic heterocycles. The number of fused-ring (bicyclic) bond motifs is 22. The molecule has 8 heteroatoms. The second kappa shape index (κ2) is 31.8. The van der Waals surface area contributed by atoms with Crippen LogP contribution in [-0.4, -0.2) is 29.1 Å². The quantitative estimate of drug-likeness (QED) is 0.121. The maximum atomic E-state index is 6.44. The van der Waals surface area contributed by atoms with Gasteiger partial charge in [-0.1, -0.05) is 358 Å². The minimum Gasteiger partial charge on any atom is -0.456 e. The highest BCUT2D eigenvalue weighted by Crippen LogP contribution is 2.50. The summed E-state index contributed by atoms with van der Waals surface area (Å²) in [5, 5.41) is 19.2. The van der Waals surface area contributed by atoms with E-state index in [2.05, 4.69) is 410 Å². The summed E-state index contributed by atoms with van der Waals surface area (Å²) in [4.78, 5) is 21.2. The lowest BCUT2D eigenvalue weighted by Gasteiger charge is -2.14. The second-order valence-electron chi connectivity index (χ2n) is 35.3. The van der Waals surface area contributed by atoms with Crippen LogP contribution in [0.4, 0.5) is 0 Å². The number of hydrogen-bond donors (Lipinski definition) is 0. The highest BCUT2D eigenvalue weighted by atomic mass is 16.3. The van der Waals surface area contributed by atoms with Crippen LogP contribution in [0.25, 0.3) is 276 Å². The fourth-order valence-corrected chi connectivity index (χ4v) is 21.1. The third kappa shape index (κ3) is 13.1. The van der Waals surface area contributed by atoms with Gasteiger partial charge < -0.3 is 18.0 Å². The lowest BCUT2D eigenvalue weighted by Crippen LogP contribution is -1.97. The minimum atomic E-state index is 0.843. The van der Waals surface area contributed by atoms with Crippen molar-refractivity contribution < 1.29 is 8.83 Å². The van der Waals surface area contributed by atoms with Gasteiger partial charge in [-0.2, -0.15) is 0 Å². The molecule has 28 aromatic rings. The van der Waals surface area contributed by atoms with Gasteiger partial charge in [0.05, 0.1) is 66.9 Å². The number of rotatable bonds is 12. The van der Waals surface area contributed by atoms with E-state index in [0.717, 1.165) is 178 Å². The first-order chi connectivity index (χ1) is 67.4. The smallest absolute Gasteiger partial charge is 0.136 e. The SMILES string of the molecule is c1ccc(-c2ccc(-c3ccc(-c4nc5ccccc5nc4-c4ccc(-n5c6ccc7ccccc7c6c6c7ccccc7c(-c7ccc8c(c7)oc7ccccc78)cc65)cc4)cc3)cc2)cc1.c1ccc(-c2ccc(-c3cccc(-c4nc5ccccc5nc4-c4ccc(-n5c6ccc7ccccc7c6c6c7ccccc7c(-c7ccc8oc9ccccc9c8c7)cc65)cc4)c3)cc2)cc1. The molecule has 0 N–H and O–H groups in total. The topological polar surface area (TPSA) is 87.7 Å². The number of hydrogen-bond acceptors (Lipinski definition) is 6. The largest absolute Gasteiger partial charge is 0.456 e. The Morgan fingerprint density at radius 2 is 0.456 bits per heavy atom. The summed E-state index contributed by atoms with van der Waals surface area (Å²) in [5.41, 5.74) is 35.2. The molecule has 0 amide bonds. The van der Waals surface area contributed by atoms with E-state index >= 15 is 0 Å². The zero-order valence-corrected chi connectivity index (χ0v) is 73.5. The van der Waals surface area contributed by atoms with Crippen LogP contribution in [0, 0.1) is 0 Å². The van der Waals surface area contributed by atoms with Crippen LogP contribution in [0.2, 0.25) is 0 Å². The fraction of sp³-hybridized carbons (Fsp3) is 0. The average molecular weight is 1730 g/mol. The first-order valence-corrected chi connectivity index (χ1v) is 46.3. The molecule has 0 aliphatic carbocycles. The van der Waals surface area contributed by atoms with Gasteiger partial charge in [-0.3, -0.25) is 0 Å². The Labute approximate surface area is 781 Å². The van der Waals surface area contributed by atoms with Crippen LogP contribution in [0.3, 0.4) is 0 Å². The third-order valence-corrected chi connectivity index (χ3v) is 27.6. The lowest BCUT2D eigenvalue weighted by atomic mass is 9.93. The molecule has 22 aromatic carbocycles. The summed E-state index contributed by atoms with van der Waals surface area (Å²) in [7, 11) is 0. The number of para-hydroxylation sites is 6. The Bertz CT molecular complexity index is 9700. The predicted molar refractivity (Wildman–Crippen MR) is 567 cm³/mol. The summed E-state index contributed by atoms with van der Waals surface area (Å²) < 4.78 is 17.6. The molecule has 0 radical (unpaired) electrons. The van der Waals surface area contributed by atoms with E-state index in [1.165, 1.54) is 98.0 Å². The Kier molecular flexibility index (Phi) is 18.2. The first-order valence-electron chi connectivity index (χ1n) is 46.3. The molecule has 0 spiro atoms. The van der Waals surface area contributed by atoms with E-state index in [0.29, 0.717) is 0 Å². The van der Waals surface area contributed by atoms with Crippen molar-refractivity contribution >= 4 is 153 Å². The van der Waals surface area contributed by atoms with Crippen molar-refractivity contribution in [3.63, 3.8) is 0 Å². The van der Waals surface area contributed by atoms with Crippen LogP contribution in [0.5, 0.6) is 0 Å². The van der Waals surface area contributed by atoms with Crippen molar-refractivity contribution in [1.82, 2.24) is 29.1 Å². The van der Waals surface area contributed by atoms with E-state index in [-0.39, 0.29) is 0 Å². The highest BCUT2D eigenvalue weighted by Gasteiger charge is 2.26. The molecule has 8 nitrogen and oxygen atoms in total. The summed E-state index contributed by atoms with van der Waals surface area (Å²) in [5.74, 6) is 0. The fourth-order valence-electron chi connectivity index (χ4n) is 21.1. The molecule has 6 heterocycles. The molecule has 632 valence electrons. The summed E-state index contributed by atoms with van der Waals surface area (Å²) in [6.07, 6.45) is 0. The van der Waals surface area contributed by atoms with E-state index in [4.69, 9.17) is 28.8 Å². The van der Waals surface area contributed by atoms with E-state index in [1.807, 2.05) is 72.8 Å². The van der Waals surface area contributed by atoms with Crippen molar-refractivity contribution in [2.75, 3.05) is 0 Å². The highest BCUT2D eigenvalue weighted by molar-refractivity contribution is 6.32. The lowest BCUT2D eigenvalue weighted by molar-refractivity contribution is 0.668. The van der Waals surface area contributed by atoms with Crippen molar-refractivity contribution in [2.45, 2.75) is 0 Å². The summed E-state index contributed by atoms with van der Waals surface area (Å²) in [6, 6.07) is 169. The molecule has 0 aliphatic rings. The molecule has 0 aliphatic heterocycles. The molecule has 136 heavy (non-hydrogen) atoms. The van der Waals surface area contributed by atoms with Crippen molar-refractivity contribution in [3.8, 4) is 123 Å². The van der Waals surface area contributed by atoms with E-state index < -0.39 is 0 Å². The van der Waals surface area contributed by atoms with Crippen LogP contribution < -0.4 is 0 Å². The predicted octanol–water partition coefficient (Wildman–Crippen LogP) is 34.5. The normalized spacial score (nSPS) is 11.8. The van der Waals surface area contributed by atoms with Crippen LogP contribution in [0.1, 0.15) is 0 Å². The standard InChI is InChI=1S/2C64H39N3O/c1-2-13-40(14-3-1)41-25-27-42(28-26-41)45-16-12-17-47(37-45)64-63(65-55-22-9-10-23-56(55)66-64)44-29-33-48(34-30-44)67-57-35-31-43-15-4-5-18-49(43)61(57)62-52-21-7-6-19-50(52)53(39-58(62)67)46-32-36-60-54(38-46)51-20-8-11-24-59(51)68-60;1-2-12-40(13-3-1)41-22-24-42(25-23-41)43-26-28-45(29-27-43)63-64(66-56-20-10-9-19-55(56)65-63)46-30-34-48(35-31-46)67-57-37-33-44-14-4-5-15-49(44)61(57)62-53-18-7-6-16-50(53)54(39-58(62)67)47-32-36-52-51-17-8-11-21-59(51)68-60(52)38-47/h2*1-39H. The Morgan fingerprint density at radius 3 is 0.919 bits per heavy atom. The number of benzene rings is 22. The van der Waals surface area contributed by atoms with E-state index in [9.17, 15) is 0 Å². The van der Waals surface area contributed by atoms with Gasteiger partial charge in [0.25, 0.3) is 0 Å². The van der Waals surface area contributed by atoms with Gasteiger partial charge in [-0.15, -0.1) is 0 Å². The molecular formula is C128H78N6O2. The molecule has 28 rings (SSSR count). The molecule has 0 bridgehead atoms. The molecule has 0 saturated carbocycles. The maximum Gasteiger partial charge on any atom is 0.136 e. The van der Waals surface area contributed by atoms with Gasteiger partial charge in [0.1, 0.15) is 22.3 Å². The van der Waals surface area contributed by atoms with Gasteiger partial charge >= 0.3 is 0 Å².